The summed E-state index contributed by atoms with van der Waals surface area (Å²) in [5, 5.41) is 9.77. The van der Waals surface area contributed by atoms with E-state index in [0.717, 1.165) is 6.07 Å². The number of hydrogen-bond donors (Lipinski definition) is 1. The maximum absolute atomic E-state index is 13.7. The largest absolute Gasteiger partial charge is 0.573 e. The van der Waals surface area contributed by atoms with E-state index < -0.39 is 24.2 Å². The summed E-state index contributed by atoms with van der Waals surface area (Å²) in [5.74, 6) is -1.19. The fourth-order valence-corrected chi connectivity index (χ4v) is 4.29. The smallest absolute Gasteiger partial charge is 0.497 e. The van der Waals surface area contributed by atoms with Gasteiger partial charge in [-0.05, 0) is 49.7 Å². The predicted molar refractivity (Wildman–Crippen MR) is 133 cm³/mol. The standard InChI is InChI=1S/C28H24F3NO6/c1-4-24(27(34)35)37-20-10-6-8-18(14-20)32-16(2)25(26(33)17-7-5-9-19(13-17)36-3)22-12-11-21(15-23(22)32)38-28(29,30)31/h5-15,24H,4H2,1-3H3,(H,34,35)/t24-/m1/s1. The molecule has 4 rings (SSSR count). The van der Waals surface area contributed by atoms with E-state index in [2.05, 4.69) is 4.74 Å². The van der Waals surface area contributed by atoms with Crippen LogP contribution in [0.3, 0.4) is 0 Å². The lowest BCUT2D eigenvalue weighted by atomic mass is 10.00. The first-order chi connectivity index (χ1) is 18.0. The van der Waals surface area contributed by atoms with Gasteiger partial charge in [-0.1, -0.05) is 25.1 Å². The molecule has 10 heteroatoms. The second-order valence-corrected chi connectivity index (χ2v) is 8.43. The molecule has 38 heavy (non-hydrogen) atoms. The predicted octanol–water partition coefficient (Wildman–Crippen LogP) is 6.32. The van der Waals surface area contributed by atoms with Crippen LogP contribution >= 0.6 is 0 Å². The second kappa shape index (κ2) is 10.5. The van der Waals surface area contributed by atoms with Gasteiger partial charge in [-0.15, -0.1) is 13.2 Å². The van der Waals surface area contributed by atoms with E-state index in [1.165, 1.54) is 19.2 Å². The molecule has 0 aliphatic carbocycles. The first-order valence-corrected chi connectivity index (χ1v) is 11.6. The molecule has 198 valence electrons. The Bertz CT molecular complexity index is 1510. The quantitative estimate of drug-likeness (QED) is 0.257. The summed E-state index contributed by atoms with van der Waals surface area (Å²) < 4.78 is 55.5. The fraction of sp³-hybridized carbons (Fsp3) is 0.214. The maximum Gasteiger partial charge on any atom is 0.573 e. The van der Waals surface area contributed by atoms with Crippen molar-refractivity contribution in [2.24, 2.45) is 0 Å². The number of benzene rings is 3. The summed E-state index contributed by atoms with van der Waals surface area (Å²) in [6.45, 7) is 3.35. The Morgan fingerprint density at radius 3 is 2.34 bits per heavy atom. The third-order valence-corrected chi connectivity index (χ3v) is 5.97. The number of carboxylic acids is 1. The molecule has 0 aliphatic rings. The number of carbonyl (C=O) groups is 2. The minimum Gasteiger partial charge on any atom is -0.497 e. The number of fused-ring (bicyclic) bond motifs is 1. The second-order valence-electron chi connectivity index (χ2n) is 8.43. The molecule has 0 fully saturated rings. The summed E-state index contributed by atoms with van der Waals surface area (Å²) in [7, 11) is 1.48. The van der Waals surface area contributed by atoms with Gasteiger partial charge < -0.3 is 23.9 Å². The molecule has 1 N–H and O–H groups in total. The Hall–Kier alpha value is -4.47. The first kappa shape index (κ1) is 26.6. The number of ether oxygens (including phenoxy) is 3. The average Bonchev–Trinajstić information content (AvgIpc) is 3.16. The lowest BCUT2D eigenvalue weighted by Gasteiger charge is -2.15. The highest BCUT2D eigenvalue weighted by Crippen LogP contribution is 2.36. The van der Waals surface area contributed by atoms with Crippen LogP contribution in [0.2, 0.25) is 0 Å². The number of nitrogens with zero attached hydrogens (tertiary/aromatic N) is 1. The van der Waals surface area contributed by atoms with Gasteiger partial charge >= 0.3 is 12.3 Å². The number of aliphatic carboxylic acids is 1. The van der Waals surface area contributed by atoms with Gasteiger partial charge in [-0.3, -0.25) is 4.79 Å². The molecule has 0 unspecified atom stereocenters. The fourth-order valence-electron chi connectivity index (χ4n) is 4.29. The number of aromatic nitrogens is 1. The van der Waals surface area contributed by atoms with Crippen molar-refractivity contribution in [1.29, 1.82) is 0 Å². The van der Waals surface area contributed by atoms with Crippen LogP contribution in [-0.2, 0) is 4.79 Å². The third-order valence-electron chi connectivity index (χ3n) is 5.97. The Morgan fingerprint density at radius 1 is 0.974 bits per heavy atom. The minimum atomic E-state index is -4.90. The molecular formula is C28H24F3NO6. The van der Waals surface area contributed by atoms with Crippen molar-refractivity contribution >= 4 is 22.7 Å². The van der Waals surface area contributed by atoms with E-state index in [1.807, 2.05) is 0 Å². The maximum atomic E-state index is 13.7. The lowest BCUT2D eigenvalue weighted by Crippen LogP contribution is -2.25. The zero-order valence-corrected chi connectivity index (χ0v) is 20.7. The van der Waals surface area contributed by atoms with Crippen LogP contribution in [-0.4, -0.2) is 41.0 Å². The Kier molecular flexibility index (Phi) is 7.34. The highest BCUT2D eigenvalue weighted by atomic mass is 19.4. The van der Waals surface area contributed by atoms with E-state index in [-0.39, 0.29) is 29.0 Å². The molecule has 1 aromatic heterocycles. The molecule has 0 saturated heterocycles. The Labute approximate surface area is 216 Å². The monoisotopic (exact) mass is 527 g/mol. The van der Waals surface area contributed by atoms with Crippen LogP contribution in [0.5, 0.6) is 17.2 Å². The molecular weight excluding hydrogens is 503 g/mol. The van der Waals surface area contributed by atoms with Crippen molar-refractivity contribution < 1.29 is 42.1 Å². The molecule has 4 aromatic rings. The van der Waals surface area contributed by atoms with E-state index in [0.29, 0.717) is 28.1 Å². The molecule has 0 spiro atoms. The van der Waals surface area contributed by atoms with E-state index >= 15 is 0 Å². The van der Waals surface area contributed by atoms with Crippen molar-refractivity contribution in [3.05, 3.63) is 83.6 Å². The molecule has 0 aliphatic heterocycles. The van der Waals surface area contributed by atoms with Crippen LogP contribution < -0.4 is 14.2 Å². The van der Waals surface area contributed by atoms with Crippen molar-refractivity contribution in [2.75, 3.05) is 7.11 Å². The Balaban J connectivity index is 1.91. The number of hydrogen-bond acceptors (Lipinski definition) is 5. The number of methoxy groups -OCH3 is 1. The van der Waals surface area contributed by atoms with Gasteiger partial charge in [0, 0.05) is 34.5 Å². The zero-order valence-electron chi connectivity index (χ0n) is 20.7. The molecule has 1 atom stereocenters. The number of carbonyl (C=O) groups excluding carboxylic acids is 1. The molecule has 7 nitrogen and oxygen atoms in total. The highest BCUT2D eigenvalue weighted by molar-refractivity contribution is 6.18. The summed E-state index contributed by atoms with van der Waals surface area (Å²) in [6.07, 6.45) is -5.76. The third kappa shape index (κ3) is 5.44. The normalized spacial score (nSPS) is 12.3. The van der Waals surface area contributed by atoms with Crippen LogP contribution in [0.15, 0.2) is 66.7 Å². The van der Waals surface area contributed by atoms with Crippen molar-refractivity contribution in [1.82, 2.24) is 4.57 Å². The van der Waals surface area contributed by atoms with Crippen LogP contribution in [0, 0.1) is 6.92 Å². The summed E-state index contributed by atoms with van der Waals surface area (Å²) in [4.78, 5) is 25.1. The van der Waals surface area contributed by atoms with Gasteiger partial charge in [0.25, 0.3) is 0 Å². The first-order valence-electron chi connectivity index (χ1n) is 11.6. The van der Waals surface area contributed by atoms with Crippen LogP contribution in [0.25, 0.3) is 16.6 Å². The van der Waals surface area contributed by atoms with Gasteiger partial charge in [0.15, 0.2) is 11.9 Å². The molecule has 0 saturated carbocycles. The van der Waals surface area contributed by atoms with Gasteiger partial charge in [0.2, 0.25) is 0 Å². The summed E-state index contributed by atoms with van der Waals surface area (Å²) >= 11 is 0. The van der Waals surface area contributed by atoms with Crippen LogP contribution in [0.4, 0.5) is 13.2 Å². The lowest BCUT2D eigenvalue weighted by molar-refractivity contribution is -0.274. The average molecular weight is 527 g/mol. The topological polar surface area (TPSA) is 87.0 Å². The van der Waals surface area contributed by atoms with E-state index in [9.17, 15) is 27.9 Å². The molecule has 0 amide bonds. The highest BCUT2D eigenvalue weighted by Gasteiger charge is 2.32. The van der Waals surface area contributed by atoms with E-state index in [1.54, 1.807) is 66.9 Å². The van der Waals surface area contributed by atoms with Crippen molar-refractivity contribution in [2.45, 2.75) is 32.7 Å². The van der Waals surface area contributed by atoms with Gasteiger partial charge in [-0.25, -0.2) is 4.79 Å². The number of rotatable bonds is 9. The number of ketones is 1. The Morgan fingerprint density at radius 2 is 1.68 bits per heavy atom. The zero-order chi connectivity index (χ0) is 27.6. The number of alkyl halides is 3. The molecule has 3 aromatic carbocycles. The SMILES string of the molecule is CC[C@@H](Oc1cccc(-n2c(C)c(C(=O)c3cccc(OC)c3)c3ccc(OC(F)(F)F)cc32)c1)C(=O)O. The van der Waals surface area contributed by atoms with Gasteiger partial charge in [-0.2, -0.15) is 0 Å². The minimum absolute atomic E-state index is 0.225. The number of halogens is 3. The summed E-state index contributed by atoms with van der Waals surface area (Å²) in [5.41, 5.74) is 1.83. The van der Waals surface area contributed by atoms with Crippen molar-refractivity contribution in [3.8, 4) is 22.9 Å². The van der Waals surface area contributed by atoms with Crippen LogP contribution in [0.1, 0.15) is 35.0 Å². The number of carboxylic acid groups (broad SMARTS) is 1. The molecule has 1 heterocycles. The van der Waals surface area contributed by atoms with E-state index in [4.69, 9.17) is 9.47 Å². The molecule has 0 radical (unpaired) electrons. The van der Waals surface area contributed by atoms with Gasteiger partial charge in [0.1, 0.15) is 17.2 Å². The summed E-state index contributed by atoms with van der Waals surface area (Å²) in [6, 6.07) is 16.8. The van der Waals surface area contributed by atoms with Gasteiger partial charge in [0.05, 0.1) is 18.2 Å². The molecule has 0 bridgehead atoms. The van der Waals surface area contributed by atoms with Crippen molar-refractivity contribution in [3.63, 3.8) is 0 Å².